The second-order valence-corrected chi connectivity index (χ2v) is 3.56. The Morgan fingerprint density at radius 2 is 2.22 bits per heavy atom. The minimum absolute atomic E-state index is 0.403. The Kier molecular flexibility index (Phi) is 6.46. The largest absolute Gasteiger partial charge is 0.354 e. The molecule has 1 heterocycles. The van der Waals surface area contributed by atoms with Crippen LogP contribution in [0.15, 0.2) is 17.4 Å². The summed E-state index contributed by atoms with van der Waals surface area (Å²) < 4.78 is 0. The van der Waals surface area contributed by atoms with E-state index in [2.05, 4.69) is 30.9 Å². The molecule has 0 saturated heterocycles. The van der Waals surface area contributed by atoms with Gasteiger partial charge < -0.3 is 10.6 Å². The zero-order chi connectivity index (χ0) is 13.2. The lowest BCUT2D eigenvalue weighted by Crippen LogP contribution is -2.38. The van der Waals surface area contributed by atoms with E-state index in [-0.39, 0.29) is 0 Å². The first kappa shape index (κ1) is 14.2. The number of hydrogen-bond donors (Lipinski definition) is 3. The van der Waals surface area contributed by atoms with Crippen LogP contribution in [-0.2, 0) is 6.54 Å². The van der Waals surface area contributed by atoms with Gasteiger partial charge in [-0.15, -0.1) is 0 Å². The summed E-state index contributed by atoms with van der Waals surface area (Å²) in [6, 6.07) is 0. The van der Waals surface area contributed by atoms with Gasteiger partial charge in [-0.05, 0) is 0 Å². The number of nitrogens with zero attached hydrogens (tertiary/aromatic N) is 4. The predicted octanol–water partition coefficient (Wildman–Crippen LogP) is -0.134. The molecular formula is C10H14ClN7. The van der Waals surface area contributed by atoms with Crippen LogP contribution in [0.25, 0.3) is 0 Å². The third-order valence-corrected chi connectivity index (χ3v) is 2.32. The van der Waals surface area contributed by atoms with Crippen LogP contribution in [0.3, 0.4) is 0 Å². The van der Waals surface area contributed by atoms with E-state index in [0.29, 0.717) is 36.4 Å². The third-order valence-electron chi connectivity index (χ3n) is 2.01. The normalized spacial score (nSPS) is 10.8. The SMILES string of the molecule is C/N=C(\NC#N)NCCNCc1nccnc1Cl. The van der Waals surface area contributed by atoms with E-state index in [0.717, 1.165) is 0 Å². The highest BCUT2D eigenvalue weighted by Crippen LogP contribution is 2.06. The molecule has 18 heavy (non-hydrogen) atoms. The fourth-order valence-corrected chi connectivity index (χ4v) is 1.35. The molecule has 0 unspecified atom stereocenters. The molecule has 96 valence electrons. The minimum Gasteiger partial charge on any atom is -0.354 e. The standard InChI is InChI=1S/C10H14ClN7/c1-13-10(18-7-12)17-3-2-14-6-8-9(11)16-5-4-15-8/h4-5,14H,2-3,6H2,1H3,(H2,13,17,18). The van der Waals surface area contributed by atoms with Crippen LogP contribution in [0.5, 0.6) is 0 Å². The van der Waals surface area contributed by atoms with E-state index in [1.54, 1.807) is 25.6 Å². The van der Waals surface area contributed by atoms with Gasteiger partial charge in [-0.25, -0.2) is 4.98 Å². The summed E-state index contributed by atoms with van der Waals surface area (Å²) in [5.41, 5.74) is 0.707. The van der Waals surface area contributed by atoms with Crippen molar-refractivity contribution in [3.8, 4) is 6.19 Å². The maximum atomic E-state index is 8.42. The van der Waals surface area contributed by atoms with E-state index in [1.165, 1.54) is 0 Å². The molecule has 0 aliphatic heterocycles. The predicted molar refractivity (Wildman–Crippen MR) is 68.9 cm³/mol. The monoisotopic (exact) mass is 267 g/mol. The number of aliphatic imine (C=N–C) groups is 1. The molecular weight excluding hydrogens is 254 g/mol. The maximum absolute atomic E-state index is 8.42. The molecule has 1 aromatic heterocycles. The molecule has 0 aliphatic carbocycles. The highest BCUT2D eigenvalue weighted by molar-refractivity contribution is 6.29. The summed E-state index contributed by atoms with van der Waals surface area (Å²) in [6.07, 6.45) is 4.94. The highest BCUT2D eigenvalue weighted by Gasteiger charge is 2.01. The first-order valence-corrected chi connectivity index (χ1v) is 5.67. The summed E-state index contributed by atoms with van der Waals surface area (Å²) in [5, 5.41) is 17.4. The van der Waals surface area contributed by atoms with Gasteiger partial charge in [-0.1, -0.05) is 11.6 Å². The average molecular weight is 268 g/mol. The molecule has 0 aromatic carbocycles. The Labute approximate surface area is 110 Å². The zero-order valence-electron chi connectivity index (χ0n) is 9.94. The Morgan fingerprint density at radius 3 is 2.89 bits per heavy atom. The Bertz CT molecular complexity index is 440. The number of nitriles is 1. The fraction of sp³-hybridized carbons (Fsp3) is 0.400. The summed E-state index contributed by atoms with van der Waals surface area (Å²) in [7, 11) is 1.60. The molecule has 1 rings (SSSR count). The van der Waals surface area contributed by atoms with E-state index in [1.807, 2.05) is 0 Å². The first-order chi connectivity index (χ1) is 8.77. The molecule has 1 aromatic rings. The molecule has 8 heteroatoms. The van der Waals surface area contributed by atoms with Gasteiger partial charge in [0.1, 0.15) is 0 Å². The summed E-state index contributed by atoms with van der Waals surface area (Å²) in [6.45, 7) is 1.84. The molecule has 0 spiro atoms. The van der Waals surface area contributed by atoms with Crippen molar-refractivity contribution >= 4 is 17.6 Å². The van der Waals surface area contributed by atoms with E-state index in [4.69, 9.17) is 16.9 Å². The molecule has 7 nitrogen and oxygen atoms in total. The van der Waals surface area contributed by atoms with Gasteiger partial charge >= 0.3 is 0 Å². The fourth-order valence-electron chi connectivity index (χ4n) is 1.18. The van der Waals surface area contributed by atoms with Crippen molar-refractivity contribution in [2.75, 3.05) is 20.1 Å². The molecule has 0 fully saturated rings. The number of hydrogen-bond acceptors (Lipinski definition) is 5. The van der Waals surface area contributed by atoms with Crippen LogP contribution in [0.1, 0.15) is 5.69 Å². The Hall–Kier alpha value is -1.91. The molecule has 3 N–H and O–H groups in total. The number of rotatable bonds is 5. The smallest absolute Gasteiger partial charge is 0.204 e. The van der Waals surface area contributed by atoms with Gasteiger partial charge in [0.25, 0.3) is 0 Å². The number of guanidine groups is 1. The van der Waals surface area contributed by atoms with E-state index in [9.17, 15) is 0 Å². The van der Waals surface area contributed by atoms with Crippen molar-refractivity contribution in [3.63, 3.8) is 0 Å². The summed E-state index contributed by atoms with van der Waals surface area (Å²) in [5.74, 6) is 0.442. The topological polar surface area (TPSA) is 98.0 Å². The van der Waals surface area contributed by atoms with E-state index >= 15 is 0 Å². The van der Waals surface area contributed by atoms with Crippen molar-refractivity contribution in [3.05, 3.63) is 23.2 Å². The van der Waals surface area contributed by atoms with Crippen molar-refractivity contribution in [1.82, 2.24) is 25.9 Å². The Balaban J connectivity index is 2.20. The Morgan fingerprint density at radius 1 is 1.44 bits per heavy atom. The molecule has 0 atom stereocenters. The molecule has 0 aliphatic rings. The summed E-state index contributed by atoms with van der Waals surface area (Å²) >= 11 is 5.86. The second-order valence-electron chi connectivity index (χ2n) is 3.21. The quantitative estimate of drug-likeness (QED) is 0.226. The van der Waals surface area contributed by atoms with Crippen molar-refractivity contribution < 1.29 is 0 Å². The third kappa shape index (κ3) is 4.95. The second kappa shape index (κ2) is 8.22. The number of aromatic nitrogens is 2. The van der Waals surface area contributed by atoms with Gasteiger partial charge in [-0.2, -0.15) is 5.26 Å². The van der Waals surface area contributed by atoms with Crippen LogP contribution < -0.4 is 16.0 Å². The lowest BCUT2D eigenvalue weighted by molar-refractivity contribution is 0.657. The van der Waals surface area contributed by atoms with Crippen LogP contribution >= 0.6 is 11.6 Å². The van der Waals surface area contributed by atoms with Gasteiger partial charge in [-0.3, -0.25) is 15.3 Å². The van der Waals surface area contributed by atoms with Gasteiger partial charge in [0, 0.05) is 39.1 Å². The lowest BCUT2D eigenvalue weighted by Gasteiger charge is -2.08. The maximum Gasteiger partial charge on any atom is 0.204 e. The van der Waals surface area contributed by atoms with Crippen molar-refractivity contribution in [1.29, 1.82) is 5.26 Å². The van der Waals surface area contributed by atoms with Crippen LogP contribution in [0, 0.1) is 11.5 Å². The molecule has 0 bridgehead atoms. The average Bonchev–Trinajstić information content (AvgIpc) is 2.39. The van der Waals surface area contributed by atoms with Crippen LogP contribution in [0.4, 0.5) is 0 Å². The van der Waals surface area contributed by atoms with Gasteiger partial charge in [0.05, 0.1) is 5.69 Å². The highest BCUT2D eigenvalue weighted by atomic mass is 35.5. The first-order valence-electron chi connectivity index (χ1n) is 5.29. The number of nitrogens with one attached hydrogen (secondary N) is 3. The zero-order valence-corrected chi connectivity index (χ0v) is 10.7. The van der Waals surface area contributed by atoms with Crippen LogP contribution in [-0.4, -0.2) is 36.1 Å². The molecule has 0 radical (unpaired) electrons. The van der Waals surface area contributed by atoms with E-state index < -0.39 is 0 Å². The lowest BCUT2D eigenvalue weighted by atomic mass is 10.4. The van der Waals surface area contributed by atoms with Crippen molar-refractivity contribution in [2.24, 2.45) is 4.99 Å². The molecule has 0 saturated carbocycles. The summed E-state index contributed by atoms with van der Waals surface area (Å²) in [4.78, 5) is 11.9. The molecule has 0 amide bonds. The van der Waals surface area contributed by atoms with Gasteiger partial charge in [0.2, 0.25) is 5.96 Å². The minimum atomic E-state index is 0.403. The van der Waals surface area contributed by atoms with Crippen LogP contribution in [0.2, 0.25) is 5.15 Å². The van der Waals surface area contributed by atoms with Crippen molar-refractivity contribution in [2.45, 2.75) is 6.54 Å². The van der Waals surface area contributed by atoms with Gasteiger partial charge in [0.15, 0.2) is 11.3 Å². The number of halogens is 1.